The van der Waals surface area contributed by atoms with Crippen LogP contribution >= 0.6 is 11.3 Å². The molecule has 1 aromatic heterocycles. The van der Waals surface area contributed by atoms with Gasteiger partial charge in [0.25, 0.3) is 0 Å². The van der Waals surface area contributed by atoms with Crippen LogP contribution < -0.4 is 10.0 Å². The summed E-state index contributed by atoms with van der Waals surface area (Å²) in [6.45, 7) is 3.33. The Labute approximate surface area is 154 Å². The van der Waals surface area contributed by atoms with Gasteiger partial charge in [-0.05, 0) is 56.3 Å². The Morgan fingerprint density at radius 2 is 1.88 bits per heavy atom. The molecule has 0 spiro atoms. The zero-order valence-corrected chi connectivity index (χ0v) is 15.6. The van der Waals surface area contributed by atoms with Gasteiger partial charge in [0.1, 0.15) is 5.82 Å². The normalized spacial score (nSPS) is 12.9. The monoisotopic (exact) mass is 393 g/mol. The predicted molar refractivity (Wildman–Crippen MR) is 99.2 cm³/mol. The maximum absolute atomic E-state index is 12.9. The lowest BCUT2D eigenvalue weighted by molar-refractivity contribution is -0.117. The molecule has 0 aliphatic carbocycles. The molecule has 0 fully saturated rings. The number of hydrogen-bond donors (Lipinski definition) is 2. The number of fused-ring (bicyclic) bond motifs is 1. The minimum atomic E-state index is -3.93. The maximum atomic E-state index is 12.9. The number of hydrogen-bond acceptors (Lipinski definition) is 5. The number of carbonyl (C=O) groups is 1. The minimum Gasteiger partial charge on any atom is -0.325 e. The molecule has 1 amide bonds. The van der Waals surface area contributed by atoms with Gasteiger partial charge in [-0.15, -0.1) is 11.3 Å². The van der Waals surface area contributed by atoms with Crippen LogP contribution in [0.2, 0.25) is 0 Å². The molecule has 1 atom stereocenters. The summed E-state index contributed by atoms with van der Waals surface area (Å²) in [6, 6.07) is 8.66. The number of amides is 1. The number of nitrogens with one attached hydrogen (secondary N) is 2. The van der Waals surface area contributed by atoms with Gasteiger partial charge >= 0.3 is 0 Å². The molecule has 3 rings (SSSR count). The molecule has 26 heavy (non-hydrogen) atoms. The van der Waals surface area contributed by atoms with Gasteiger partial charge in [0, 0.05) is 5.69 Å². The SMILES string of the molecule is Cc1nc2ccc(NC(=O)[C@H](C)NS(=O)(=O)c3ccc(F)cc3)cc2s1. The minimum absolute atomic E-state index is 0.111. The molecule has 0 unspecified atom stereocenters. The van der Waals surface area contributed by atoms with Gasteiger partial charge < -0.3 is 5.32 Å². The fraction of sp³-hybridized carbons (Fsp3) is 0.176. The van der Waals surface area contributed by atoms with Gasteiger partial charge in [0.15, 0.2) is 0 Å². The molecule has 136 valence electrons. The van der Waals surface area contributed by atoms with E-state index in [0.29, 0.717) is 5.69 Å². The summed E-state index contributed by atoms with van der Waals surface area (Å²) in [4.78, 5) is 16.5. The number of aromatic nitrogens is 1. The fourth-order valence-corrected chi connectivity index (χ4v) is 4.41. The van der Waals surface area contributed by atoms with Crippen molar-refractivity contribution in [1.82, 2.24) is 9.71 Å². The lowest BCUT2D eigenvalue weighted by Crippen LogP contribution is -2.41. The van der Waals surface area contributed by atoms with Gasteiger partial charge in [-0.3, -0.25) is 4.79 Å². The van der Waals surface area contributed by atoms with Crippen molar-refractivity contribution in [3.63, 3.8) is 0 Å². The van der Waals surface area contributed by atoms with Crippen LogP contribution in [0.15, 0.2) is 47.4 Å². The van der Waals surface area contributed by atoms with Crippen molar-refractivity contribution >= 4 is 43.2 Å². The quantitative estimate of drug-likeness (QED) is 0.697. The van der Waals surface area contributed by atoms with E-state index >= 15 is 0 Å². The number of halogens is 1. The summed E-state index contributed by atoms with van der Waals surface area (Å²) in [5.74, 6) is -1.04. The van der Waals surface area contributed by atoms with Crippen LogP contribution in [0.5, 0.6) is 0 Å². The Hall–Kier alpha value is -2.36. The maximum Gasteiger partial charge on any atom is 0.242 e. The Morgan fingerprint density at radius 3 is 2.58 bits per heavy atom. The average molecular weight is 393 g/mol. The van der Waals surface area contributed by atoms with Crippen molar-refractivity contribution in [1.29, 1.82) is 0 Å². The fourth-order valence-electron chi connectivity index (χ4n) is 2.34. The van der Waals surface area contributed by atoms with Gasteiger partial charge in [-0.25, -0.2) is 17.8 Å². The van der Waals surface area contributed by atoms with Crippen molar-refractivity contribution in [2.45, 2.75) is 24.8 Å². The standard InChI is InChI=1S/C17H16FN3O3S2/c1-10(21-26(23,24)14-6-3-12(18)4-7-14)17(22)20-13-5-8-15-16(9-13)25-11(2)19-15/h3-10,21H,1-2H3,(H,20,22)/t10-/m0/s1. The lowest BCUT2D eigenvalue weighted by Gasteiger charge is -2.14. The smallest absolute Gasteiger partial charge is 0.242 e. The van der Waals surface area contributed by atoms with Crippen molar-refractivity contribution in [2.24, 2.45) is 0 Å². The first kappa shape index (κ1) is 18.4. The number of carbonyl (C=O) groups excluding carboxylic acids is 1. The van der Waals surface area contributed by atoms with Gasteiger partial charge in [-0.2, -0.15) is 4.72 Å². The van der Waals surface area contributed by atoms with E-state index in [4.69, 9.17) is 0 Å². The third-order valence-corrected chi connectivity index (χ3v) is 6.10. The highest BCUT2D eigenvalue weighted by Gasteiger charge is 2.22. The molecule has 0 bridgehead atoms. The van der Waals surface area contributed by atoms with Crippen LogP contribution in [0.4, 0.5) is 10.1 Å². The summed E-state index contributed by atoms with van der Waals surface area (Å²) < 4.78 is 40.7. The third kappa shape index (κ3) is 4.06. The zero-order valence-electron chi connectivity index (χ0n) is 14.0. The molecule has 6 nitrogen and oxygen atoms in total. The molecular formula is C17H16FN3O3S2. The highest BCUT2D eigenvalue weighted by molar-refractivity contribution is 7.89. The molecule has 3 aromatic rings. The summed E-state index contributed by atoms with van der Waals surface area (Å²) in [7, 11) is -3.93. The molecule has 0 aliphatic heterocycles. The first-order valence-corrected chi connectivity index (χ1v) is 10.0. The van der Waals surface area contributed by atoms with Crippen molar-refractivity contribution in [3.05, 3.63) is 53.3 Å². The predicted octanol–water partition coefficient (Wildman–Crippen LogP) is 3.05. The van der Waals surface area contributed by atoms with Crippen LogP contribution in [0.25, 0.3) is 10.2 Å². The van der Waals surface area contributed by atoms with E-state index < -0.39 is 27.8 Å². The molecule has 2 aromatic carbocycles. The number of benzene rings is 2. The second-order valence-electron chi connectivity index (χ2n) is 5.70. The topological polar surface area (TPSA) is 88.2 Å². The van der Waals surface area contributed by atoms with Crippen LogP contribution in [-0.2, 0) is 14.8 Å². The molecular weight excluding hydrogens is 377 g/mol. The van der Waals surface area contributed by atoms with Crippen LogP contribution in [0, 0.1) is 12.7 Å². The second-order valence-corrected chi connectivity index (χ2v) is 8.65. The summed E-state index contributed by atoms with van der Waals surface area (Å²) in [6.07, 6.45) is 0. The molecule has 2 N–H and O–H groups in total. The molecule has 9 heteroatoms. The lowest BCUT2D eigenvalue weighted by atomic mass is 10.2. The number of nitrogens with zero attached hydrogens (tertiary/aromatic N) is 1. The zero-order chi connectivity index (χ0) is 18.9. The van der Waals surface area contributed by atoms with Crippen molar-refractivity contribution in [3.8, 4) is 0 Å². The van der Waals surface area contributed by atoms with Crippen LogP contribution in [0.1, 0.15) is 11.9 Å². The van der Waals surface area contributed by atoms with Crippen LogP contribution in [-0.4, -0.2) is 25.4 Å². The second kappa shape index (κ2) is 7.10. The van der Waals surface area contributed by atoms with E-state index in [1.165, 1.54) is 18.3 Å². The Kier molecular flexibility index (Phi) is 5.03. The number of thiazole rings is 1. The average Bonchev–Trinajstić information content (AvgIpc) is 2.94. The summed E-state index contributed by atoms with van der Waals surface area (Å²) in [5.41, 5.74) is 1.40. The molecule has 0 saturated heterocycles. The first-order chi connectivity index (χ1) is 12.2. The molecule has 0 radical (unpaired) electrons. The van der Waals surface area contributed by atoms with Crippen molar-refractivity contribution < 1.29 is 17.6 Å². The number of sulfonamides is 1. The van der Waals surface area contributed by atoms with Crippen molar-refractivity contribution in [2.75, 3.05) is 5.32 Å². The van der Waals surface area contributed by atoms with E-state index in [1.54, 1.807) is 18.2 Å². The van der Waals surface area contributed by atoms with Gasteiger partial charge in [0.05, 0.1) is 26.2 Å². The Morgan fingerprint density at radius 1 is 1.19 bits per heavy atom. The Bertz CT molecular complexity index is 1060. The van der Waals surface area contributed by atoms with Gasteiger partial charge in [0.2, 0.25) is 15.9 Å². The number of rotatable bonds is 5. The summed E-state index contributed by atoms with van der Waals surface area (Å²) >= 11 is 1.51. The Balaban J connectivity index is 1.71. The third-order valence-electron chi connectivity index (χ3n) is 3.61. The first-order valence-electron chi connectivity index (χ1n) is 7.70. The summed E-state index contributed by atoms with van der Waals surface area (Å²) in [5, 5.41) is 3.60. The van der Waals surface area contributed by atoms with Gasteiger partial charge in [-0.1, -0.05) is 0 Å². The molecule has 0 aliphatic rings. The van der Waals surface area contributed by atoms with E-state index in [1.807, 2.05) is 6.92 Å². The largest absolute Gasteiger partial charge is 0.325 e. The van der Waals surface area contributed by atoms with Crippen LogP contribution in [0.3, 0.4) is 0 Å². The molecule has 0 saturated carbocycles. The number of aryl methyl sites for hydroxylation is 1. The van der Waals surface area contributed by atoms with E-state index in [9.17, 15) is 17.6 Å². The highest BCUT2D eigenvalue weighted by Crippen LogP contribution is 2.24. The molecule has 1 heterocycles. The van der Waals surface area contributed by atoms with E-state index in [0.717, 1.165) is 39.5 Å². The highest BCUT2D eigenvalue weighted by atomic mass is 32.2. The van der Waals surface area contributed by atoms with E-state index in [2.05, 4.69) is 15.0 Å². The number of anilines is 1. The van der Waals surface area contributed by atoms with E-state index in [-0.39, 0.29) is 4.90 Å².